The predicted molar refractivity (Wildman–Crippen MR) is 63.9 cm³/mol. The molecule has 0 aromatic rings. The molecule has 4 nitrogen and oxygen atoms in total. The molecule has 0 saturated heterocycles. The van der Waals surface area contributed by atoms with E-state index in [1.54, 1.807) is 0 Å². The van der Waals surface area contributed by atoms with Gasteiger partial charge in [-0.3, -0.25) is 4.79 Å². The van der Waals surface area contributed by atoms with Crippen molar-refractivity contribution in [1.82, 2.24) is 5.32 Å². The Hall–Kier alpha value is -0.610. The number of amides is 1. The second kappa shape index (κ2) is 6.86. The fourth-order valence-corrected chi connectivity index (χ4v) is 2.16. The Balaban J connectivity index is 2.41. The monoisotopic (exact) mass is 228 g/mol. The first-order valence-electron chi connectivity index (χ1n) is 6.33. The molecule has 1 fully saturated rings. The van der Waals surface area contributed by atoms with Gasteiger partial charge < -0.3 is 16.2 Å². The Labute approximate surface area is 97.6 Å². The summed E-state index contributed by atoms with van der Waals surface area (Å²) in [6, 6.07) is -0.0600. The summed E-state index contributed by atoms with van der Waals surface area (Å²) in [5, 5.41) is 12.8. The molecular formula is C12H24N2O2. The molecule has 0 bridgehead atoms. The van der Waals surface area contributed by atoms with Crippen LogP contribution in [0.25, 0.3) is 0 Å². The molecular weight excluding hydrogens is 204 g/mol. The maximum Gasteiger partial charge on any atom is 0.223 e. The number of aliphatic hydroxyl groups excluding tert-OH is 1. The van der Waals surface area contributed by atoms with Gasteiger partial charge in [-0.2, -0.15) is 0 Å². The Morgan fingerprint density at radius 3 is 2.81 bits per heavy atom. The summed E-state index contributed by atoms with van der Waals surface area (Å²) in [5.74, 6) is -0.0307. The lowest BCUT2D eigenvalue weighted by Crippen LogP contribution is -2.45. The van der Waals surface area contributed by atoms with Gasteiger partial charge in [0.15, 0.2) is 0 Å². The SMILES string of the molecule is CC(CCN)C(=O)NC1CCCCCC1O. The van der Waals surface area contributed by atoms with Gasteiger partial charge in [-0.1, -0.05) is 26.2 Å². The minimum atomic E-state index is -0.378. The third-order valence-corrected chi connectivity index (χ3v) is 3.35. The van der Waals surface area contributed by atoms with E-state index >= 15 is 0 Å². The van der Waals surface area contributed by atoms with Crippen LogP contribution in [0.15, 0.2) is 0 Å². The van der Waals surface area contributed by atoms with Gasteiger partial charge in [-0.05, 0) is 25.8 Å². The summed E-state index contributed by atoms with van der Waals surface area (Å²) >= 11 is 0. The second-order valence-corrected chi connectivity index (χ2v) is 4.80. The number of aliphatic hydroxyl groups is 1. The van der Waals surface area contributed by atoms with E-state index in [1.165, 1.54) is 0 Å². The predicted octanol–water partition coefficient (Wildman–Crippen LogP) is 0.781. The van der Waals surface area contributed by atoms with Gasteiger partial charge in [0, 0.05) is 5.92 Å². The van der Waals surface area contributed by atoms with E-state index in [-0.39, 0.29) is 24.0 Å². The first-order chi connectivity index (χ1) is 7.65. The number of rotatable bonds is 4. The van der Waals surface area contributed by atoms with Gasteiger partial charge in [0.25, 0.3) is 0 Å². The second-order valence-electron chi connectivity index (χ2n) is 4.80. The van der Waals surface area contributed by atoms with Crippen LogP contribution >= 0.6 is 0 Å². The molecule has 3 atom stereocenters. The lowest BCUT2D eigenvalue weighted by atomic mass is 10.0. The normalized spacial score (nSPS) is 28.2. The minimum absolute atomic E-state index is 0.0244. The van der Waals surface area contributed by atoms with Crippen molar-refractivity contribution in [3.8, 4) is 0 Å². The Kier molecular flexibility index (Phi) is 5.77. The summed E-state index contributed by atoms with van der Waals surface area (Å²) < 4.78 is 0. The van der Waals surface area contributed by atoms with E-state index in [0.717, 1.165) is 32.1 Å². The van der Waals surface area contributed by atoms with Crippen LogP contribution in [-0.4, -0.2) is 29.7 Å². The van der Waals surface area contributed by atoms with Crippen LogP contribution in [0.4, 0.5) is 0 Å². The summed E-state index contributed by atoms with van der Waals surface area (Å²) in [7, 11) is 0. The highest BCUT2D eigenvalue weighted by molar-refractivity contribution is 5.78. The summed E-state index contributed by atoms with van der Waals surface area (Å²) in [6.07, 6.45) is 5.32. The van der Waals surface area contributed by atoms with Crippen molar-refractivity contribution < 1.29 is 9.90 Å². The topological polar surface area (TPSA) is 75.4 Å². The van der Waals surface area contributed by atoms with Gasteiger partial charge in [0.2, 0.25) is 5.91 Å². The zero-order valence-corrected chi connectivity index (χ0v) is 10.1. The minimum Gasteiger partial charge on any atom is -0.391 e. The van der Waals surface area contributed by atoms with Crippen molar-refractivity contribution in [3.05, 3.63) is 0 Å². The van der Waals surface area contributed by atoms with Crippen LogP contribution < -0.4 is 11.1 Å². The molecule has 16 heavy (non-hydrogen) atoms. The summed E-state index contributed by atoms with van der Waals surface area (Å²) in [6.45, 7) is 2.41. The van der Waals surface area contributed by atoms with Crippen LogP contribution in [0.1, 0.15) is 45.4 Å². The molecule has 4 heteroatoms. The molecule has 1 aliphatic carbocycles. The first kappa shape index (κ1) is 13.5. The number of carbonyl (C=O) groups excluding carboxylic acids is 1. The van der Waals surface area contributed by atoms with Crippen molar-refractivity contribution in [2.24, 2.45) is 11.7 Å². The zero-order valence-electron chi connectivity index (χ0n) is 10.1. The molecule has 1 rings (SSSR count). The van der Waals surface area contributed by atoms with E-state index in [9.17, 15) is 9.90 Å². The Morgan fingerprint density at radius 1 is 1.44 bits per heavy atom. The molecule has 1 aliphatic rings. The lowest BCUT2D eigenvalue weighted by molar-refractivity contribution is -0.126. The van der Waals surface area contributed by atoms with Gasteiger partial charge in [-0.15, -0.1) is 0 Å². The maximum absolute atomic E-state index is 11.8. The molecule has 0 heterocycles. The number of carbonyl (C=O) groups is 1. The molecule has 3 unspecified atom stereocenters. The van der Waals surface area contributed by atoms with Gasteiger partial charge >= 0.3 is 0 Å². The van der Waals surface area contributed by atoms with E-state index < -0.39 is 0 Å². The smallest absolute Gasteiger partial charge is 0.223 e. The van der Waals surface area contributed by atoms with Crippen molar-refractivity contribution in [3.63, 3.8) is 0 Å². The lowest BCUT2D eigenvalue weighted by Gasteiger charge is -2.23. The third kappa shape index (κ3) is 4.10. The maximum atomic E-state index is 11.8. The zero-order chi connectivity index (χ0) is 12.0. The number of hydrogen-bond acceptors (Lipinski definition) is 3. The number of nitrogens with one attached hydrogen (secondary N) is 1. The van der Waals surface area contributed by atoms with Crippen LogP contribution in [-0.2, 0) is 4.79 Å². The summed E-state index contributed by atoms with van der Waals surface area (Å²) in [5.41, 5.74) is 5.42. The molecule has 94 valence electrons. The van der Waals surface area contributed by atoms with Gasteiger partial charge in [0.05, 0.1) is 12.1 Å². The highest BCUT2D eigenvalue weighted by Gasteiger charge is 2.24. The molecule has 0 aliphatic heterocycles. The molecule has 1 amide bonds. The van der Waals surface area contributed by atoms with Crippen LogP contribution in [0.3, 0.4) is 0 Å². The van der Waals surface area contributed by atoms with Crippen molar-refractivity contribution in [2.75, 3.05) is 6.54 Å². The molecule has 0 spiro atoms. The average molecular weight is 228 g/mol. The van der Waals surface area contributed by atoms with E-state index in [1.807, 2.05) is 6.92 Å². The molecule has 1 saturated carbocycles. The Morgan fingerprint density at radius 2 is 2.12 bits per heavy atom. The Bertz CT molecular complexity index is 221. The highest BCUT2D eigenvalue weighted by atomic mass is 16.3. The van der Waals surface area contributed by atoms with Crippen molar-refractivity contribution >= 4 is 5.91 Å². The average Bonchev–Trinajstić information content (AvgIpc) is 2.45. The van der Waals surface area contributed by atoms with E-state index in [0.29, 0.717) is 13.0 Å². The van der Waals surface area contributed by atoms with Gasteiger partial charge in [0.1, 0.15) is 0 Å². The standard InChI is InChI=1S/C12H24N2O2/c1-9(7-8-13)12(16)14-10-5-3-2-4-6-11(10)15/h9-11,15H,2-8,13H2,1H3,(H,14,16). The molecule has 0 aromatic heterocycles. The van der Waals surface area contributed by atoms with E-state index in [2.05, 4.69) is 5.32 Å². The third-order valence-electron chi connectivity index (χ3n) is 3.35. The van der Waals surface area contributed by atoms with Crippen LogP contribution in [0.5, 0.6) is 0 Å². The van der Waals surface area contributed by atoms with Gasteiger partial charge in [-0.25, -0.2) is 0 Å². The highest BCUT2D eigenvalue weighted by Crippen LogP contribution is 2.18. The van der Waals surface area contributed by atoms with Crippen molar-refractivity contribution in [1.29, 1.82) is 0 Å². The summed E-state index contributed by atoms with van der Waals surface area (Å²) in [4.78, 5) is 11.8. The fourth-order valence-electron chi connectivity index (χ4n) is 2.16. The molecule has 0 radical (unpaired) electrons. The molecule has 0 aromatic carbocycles. The molecule has 4 N–H and O–H groups in total. The quantitative estimate of drug-likeness (QED) is 0.622. The number of nitrogens with two attached hydrogens (primary N) is 1. The fraction of sp³-hybridized carbons (Fsp3) is 0.917. The van der Waals surface area contributed by atoms with Crippen LogP contribution in [0.2, 0.25) is 0 Å². The first-order valence-corrected chi connectivity index (χ1v) is 6.33. The number of hydrogen-bond donors (Lipinski definition) is 3. The van der Waals surface area contributed by atoms with E-state index in [4.69, 9.17) is 5.73 Å². The van der Waals surface area contributed by atoms with Crippen LogP contribution in [0, 0.1) is 5.92 Å². The van der Waals surface area contributed by atoms with Crippen molar-refractivity contribution in [2.45, 2.75) is 57.6 Å². The largest absolute Gasteiger partial charge is 0.391 e.